The molecular formula is C11H21N3O. The molecule has 1 heterocycles. The van der Waals surface area contributed by atoms with Gasteiger partial charge in [-0.15, -0.1) is 0 Å². The molecule has 4 heteroatoms. The zero-order valence-electron chi connectivity index (χ0n) is 10.0. The van der Waals surface area contributed by atoms with Crippen molar-refractivity contribution in [3.05, 3.63) is 11.7 Å². The van der Waals surface area contributed by atoms with Gasteiger partial charge in [-0.1, -0.05) is 39.3 Å². The normalized spacial score (nSPS) is 15.6. The number of hydrogen-bond acceptors (Lipinski definition) is 4. The summed E-state index contributed by atoms with van der Waals surface area (Å²) in [5.41, 5.74) is 5.94. The Kier molecular flexibility index (Phi) is 4.27. The summed E-state index contributed by atoms with van der Waals surface area (Å²) < 4.78 is 5.21. The molecule has 86 valence electrons. The smallest absolute Gasteiger partial charge is 0.229 e. The molecule has 0 radical (unpaired) electrons. The van der Waals surface area contributed by atoms with E-state index in [9.17, 15) is 0 Å². The Hall–Kier alpha value is -0.900. The molecule has 2 N–H and O–H groups in total. The first-order valence-electron chi connectivity index (χ1n) is 5.65. The summed E-state index contributed by atoms with van der Waals surface area (Å²) in [6.45, 7) is 8.35. The van der Waals surface area contributed by atoms with Crippen molar-refractivity contribution in [1.29, 1.82) is 0 Å². The maximum Gasteiger partial charge on any atom is 0.229 e. The maximum absolute atomic E-state index is 5.94. The highest BCUT2D eigenvalue weighted by molar-refractivity contribution is 4.97. The SMILES string of the molecule is CCCC(C)c1nc(C(N)C(C)C)no1. The quantitative estimate of drug-likeness (QED) is 0.813. The maximum atomic E-state index is 5.94. The first-order chi connectivity index (χ1) is 7.06. The first-order valence-corrected chi connectivity index (χ1v) is 5.65. The Morgan fingerprint density at radius 1 is 1.33 bits per heavy atom. The highest BCUT2D eigenvalue weighted by Gasteiger charge is 2.19. The van der Waals surface area contributed by atoms with Crippen LogP contribution in [0, 0.1) is 5.92 Å². The minimum absolute atomic E-state index is 0.128. The van der Waals surface area contributed by atoms with Crippen molar-refractivity contribution in [3.63, 3.8) is 0 Å². The molecule has 0 aliphatic rings. The molecule has 1 aromatic rings. The summed E-state index contributed by atoms with van der Waals surface area (Å²) in [6.07, 6.45) is 2.19. The number of nitrogens with two attached hydrogens (primary N) is 1. The third-order valence-electron chi connectivity index (χ3n) is 2.62. The van der Waals surface area contributed by atoms with Crippen LogP contribution < -0.4 is 5.73 Å². The first kappa shape index (κ1) is 12.2. The highest BCUT2D eigenvalue weighted by Crippen LogP contribution is 2.21. The van der Waals surface area contributed by atoms with E-state index in [4.69, 9.17) is 10.3 Å². The van der Waals surface area contributed by atoms with Gasteiger partial charge in [0.15, 0.2) is 5.82 Å². The van der Waals surface area contributed by atoms with Crippen molar-refractivity contribution < 1.29 is 4.52 Å². The second-order valence-corrected chi connectivity index (χ2v) is 4.45. The Labute approximate surface area is 91.2 Å². The molecule has 0 bridgehead atoms. The second kappa shape index (κ2) is 5.26. The van der Waals surface area contributed by atoms with Crippen LogP contribution in [0.1, 0.15) is 64.2 Å². The Bertz CT molecular complexity index is 296. The fourth-order valence-corrected chi connectivity index (χ4v) is 1.44. The van der Waals surface area contributed by atoms with Crippen LogP contribution in [0.25, 0.3) is 0 Å². The van der Waals surface area contributed by atoms with E-state index < -0.39 is 0 Å². The van der Waals surface area contributed by atoms with Crippen LogP contribution in [-0.2, 0) is 0 Å². The Morgan fingerprint density at radius 3 is 2.53 bits per heavy atom. The van der Waals surface area contributed by atoms with Crippen LogP contribution in [0.2, 0.25) is 0 Å². The van der Waals surface area contributed by atoms with Crippen LogP contribution in [-0.4, -0.2) is 10.1 Å². The number of hydrogen-bond donors (Lipinski definition) is 1. The van der Waals surface area contributed by atoms with Gasteiger partial charge in [0, 0.05) is 5.92 Å². The molecule has 2 unspecified atom stereocenters. The van der Waals surface area contributed by atoms with Crippen molar-refractivity contribution >= 4 is 0 Å². The van der Waals surface area contributed by atoms with Crippen LogP contribution >= 0.6 is 0 Å². The van der Waals surface area contributed by atoms with E-state index in [-0.39, 0.29) is 6.04 Å². The number of nitrogens with zero attached hydrogens (tertiary/aromatic N) is 2. The summed E-state index contributed by atoms with van der Waals surface area (Å²) in [7, 11) is 0. The van der Waals surface area contributed by atoms with Gasteiger partial charge in [-0.3, -0.25) is 0 Å². The van der Waals surface area contributed by atoms with Gasteiger partial charge < -0.3 is 10.3 Å². The van der Waals surface area contributed by atoms with E-state index in [1.807, 2.05) is 0 Å². The molecule has 0 amide bonds. The molecule has 1 rings (SSSR count). The molecule has 2 atom stereocenters. The van der Waals surface area contributed by atoms with Gasteiger partial charge in [0.1, 0.15) is 0 Å². The van der Waals surface area contributed by atoms with Gasteiger partial charge >= 0.3 is 0 Å². The third-order valence-corrected chi connectivity index (χ3v) is 2.62. The molecule has 0 fully saturated rings. The summed E-state index contributed by atoms with van der Waals surface area (Å²) in [5, 5.41) is 3.93. The molecular weight excluding hydrogens is 190 g/mol. The summed E-state index contributed by atoms with van der Waals surface area (Å²) in [4.78, 5) is 4.35. The van der Waals surface area contributed by atoms with E-state index >= 15 is 0 Å². The van der Waals surface area contributed by atoms with Gasteiger partial charge in [-0.05, 0) is 12.3 Å². The molecule has 0 aromatic carbocycles. The van der Waals surface area contributed by atoms with Crippen molar-refractivity contribution in [2.75, 3.05) is 0 Å². The van der Waals surface area contributed by atoms with Crippen LogP contribution in [0.15, 0.2) is 4.52 Å². The average molecular weight is 211 g/mol. The van der Waals surface area contributed by atoms with Gasteiger partial charge in [0.25, 0.3) is 0 Å². The van der Waals surface area contributed by atoms with Crippen molar-refractivity contribution in [1.82, 2.24) is 10.1 Å². The molecule has 0 saturated heterocycles. The lowest BCUT2D eigenvalue weighted by Crippen LogP contribution is -2.18. The molecule has 0 aliphatic carbocycles. The molecule has 0 saturated carbocycles. The highest BCUT2D eigenvalue weighted by atomic mass is 16.5. The molecule has 1 aromatic heterocycles. The summed E-state index contributed by atoms with van der Waals surface area (Å²) >= 11 is 0. The summed E-state index contributed by atoms with van der Waals surface area (Å²) in [6, 6.07) is -0.128. The van der Waals surface area contributed by atoms with Gasteiger partial charge in [-0.25, -0.2) is 0 Å². The molecule has 15 heavy (non-hydrogen) atoms. The molecule has 0 aliphatic heterocycles. The summed E-state index contributed by atoms with van der Waals surface area (Å²) in [5.74, 6) is 2.00. The standard InChI is InChI=1S/C11H21N3O/c1-5-6-8(4)11-13-10(14-15-11)9(12)7(2)3/h7-9H,5-6,12H2,1-4H3. The lowest BCUT2D eigenvalue weighted by atomic mass is 10.0. The number of aromatic nitrogens is 2. The lowest BCUT2D eigenvalue weighted by molar-refractivity contribution is 0.342. The van der Waals surface area contributed by atoms with Gasteiger partial charge in [0.05, 0.1) is 6.04 Å². The lowest BCUT2D eigenvalue weighted by Gasteiger charge is -2.09. The van der Waals surface area contributed by atoms with Crippen LogP contribution in [0.4, 0.5) is 0 Å². The average Bonchev–Trinajstić information content (AvgIpc) is 2.65. The van der Waals surface area contributed by atoms with E-state index in [0.29, 0.717) is 23.6 Å². The number of rotatable bonds is 5. The monoisotopic (exact) mass is 211 g/mol. The molecule has 0 spiro atoms. The van der Waals surface area contributed by atoms with Crippen molar-refractivity contribution in [3.8, 4) is 0 Å². The van der Waals surface area contributed by atoms with E-state index in [2.05, 4.69) is 37.8 Å². The van der Waals surface area contributed by atoms with E-state index in [1.54, 1.807) is 0 Å². The zero-order valence-corrected chi connectivity index (χ0v) is 10.0. The zero-order chi connectivity index (χ0) is 11.4. The fraction of sp³-hybridized carbons (Fsp3) is 0.818. The third kappa shape index (κ3) is 3.02. The van der Waals surface area contributed by atoms with Crippen molar-refractivity contribution in [2.24, 2.45) is 11.7 Å². The minimum Gasteiger partial charge on any atom is -0.339 e. The molecule has 4 nitrogen and oxygen atoms in total. The largest absolute Gasteiger partial charge is 0.339 e. The van der Waals surface area contributed by atoms with Crippen LogP contribution in [0.3, 0.4) is 0 Å². The van der Waals surface area contributed by atoms with E-state index in [0.717, 1.165) is 12.8 Å². The van der Waals surface area contributed by atoms with Crippen molar-refractivity contribution in [2.45, 2.75) is 52.5 Å². The topological polar surface area (TPSA) is 64.9 Å². The minimum atomic E-state index is -0.128. The fourth-order valence-electron chi connectivity index (χ4n) is 1.44. The Balaban J connectivity index is 2.71. The van der Waals surface area contributed by atoms with Gasteiger partial charge in [0.2, 0.25) is 5.89 Å². The Morgan fingerprint density at radius 2 is 2.00 bits per heavy atom. The second-order valence-electron chi connectivity index (χ2n) is 4.45. The predicted molar refractivity (Wildman–Crippen MR) is 59.4 cm³/mol. The van der Waals surface area contributed by atoms with Crippen LogP contribution in [0.5, 0.6) is 0 Å². The predicted octanol–water partition coefficient (Wildman–Crippen LogP) is 2.63. The van der Waals surface area contributed by atoms with Gasteiger partial charge in [-0.2, -0.15) is 4.98 Å². The van der Waals surface area contributed by atoms with E-state index in [1.165, 1.54) is 0 Å².